The van der Waals surface area contributed by atoms with Gasteiger partial charge in [-0.15, -0.1) is 0 Å². The monoisotopic (exact) mass is 319 g/mol. The zero-order valence-corrected chi connectivity index (χ0v) is 14.4. The Morgan fingerprint density at radius 1 is 1.10 bits per heavy atom. The molecule has 0 spiro atoms. The van der Waals surface area contributed by atoms with Crippen LogP contribution in [0.15, 0.2) is 0 Å². The van der Waals surface area contributed by atoms with Gasteiger partial charge in [-0.25, -0.2) is 0 Å². The third-order valence-corrected chi connectivity index (χ3v) is 6.67. The molecule has 0 aromatic heterocycles. The molecule has 1 N–H and O–H groups in total. The Morgan fingerprint density at radius 3 is 2.10 bits per heavy atom. The summed E-state index contributed by atoms with van der Waals surface area (Å²) in [7, 11) is 0.315. The van der Waals surface area contributed by atoms with Crippen LogP contribution in [0.5, 0.6) is 0 Å². The average molecular weight is 319 g/mol. The second kappa shape index (κ2) is 6.91. The minimum absolute atomic E-state index is 0.0445. The van der Waals surface area contributed by atoms with Crippen molar-refractivity contribution in [2.75, 3.05) is 27.2 Å². The fraction of sp³-hybridized carbons (Fsp3) is 1.00. The summed E-state index contributed by atoms with van der Waals surface area (Å²) in [5, 5.41) is 3.28. The number of ether oxygens (including phenoxy) is 1. The van der Waals surface area contributed by atoms with Gasteiger partial charge >= 0.3 is 0 Å². The van der Waals surface area contributed by atoms with Gasteiger partial charge in [-0.3, -0.25) is 0 Å². The summed E-state index contributed by atoms with van der Waals surface area (Å²) >= 11 is 0. The largest absolute Gasteiger partial charge is 0.373 e. The van der Waals surface area contributed by atoms with E-state index in [1.807, 2.05) is 20.9 Å². The van der Waals surface area contributed by atoms with Crippen molar-refractivity contribution in [2.45, 2.75) is 63.8 Å². The maximum atomic E-state index is 12.8. The Hall–Kier alpha value is -0.210. The van der Waals surface area contributed by atoms with E-state index in [-0.39, 0.29) is 18.2 Å². The minimum Gasteiger partial charge on any atom is -0.373 e. The lowest BCUT2D eigenvalue weighted by atomic mass is 9.91. The fourth-order valence-corrected chi connectivity index (χ4v) is 5.17. The standard InChI is InChI=1S/C14H29N3O3S/c1-11-9-17(10-12(2)20-11)21(18,19)16(4)14-7-5-13(15-3)6-8-14/h11-15H,5-10H2,1-4H3. The number of nitrogens with zero attached hydrogens (tertiary/aromatic N) is 2. The molecule has 124 valence electrons. The maximum Gasteiger partial charge on any atom is 0.282 e. The van der Waals surface area contributed by atoms with E-state index in [0.717, 1.165) is 25.7 Å². The van der Waals surface area contributed by atoms with Gasteiger partial charge in [0.05, 0.1) is 12.2 Å². The van der Waals surface area contributed by atoms with Gasteiger partial charge in [0.2, 0.25) is 0 Å². The molecule has 1 saturated carbocycles. The molecule has 7 heteroatoms. The van der Waals surface area contributed by atoms with E-state index in [2.05, 4.69) is 5.32 Å². The molecule has 0 radical (unpaired) electrons. The SMILES string of the molecule is CNC1CCC(N(C)S(=O)(=O)N2CC(C)OC(C)C2)CC1. The van der Waals surface area contributed by atoms with E-state index in [1.54, 1.807) is 15.7 Å². The molecule has 21 heavy (non-hydrogen) atoms. The van der Waals surface area contributed by atoms with Crippen molar-refractivity contribution in [1.82, 2.24) is 13.9 Å². The van der Waals surface area contributed by atoms with E-state index >= 15 is 0 Å². The summed E-state index contributed by atoms with van der Waals surface area (Å²) in [5.41, 5.74) is 0. The van der Waals surface area contributed by atoms with Crippen molar-refractivity contribution in [2.24, 2.45) is 0 Å². The number of rotatable bonds is 4. The van der Waals surface area contributed by atoms with E-state index in [1.165, 1.54) is 0 Å². The van der Waals surface area contributed by atoms with E-state index in [0.29, 0.717) is 19.1 Å². The van der Waals surface area contributed by atoms with Crippen LogP contribution in [0.3, 0.4) is 0 Å². The normalized spacial score (nSPS) is 36.0. The number of hydrogen-bond donors (Lipinski definition) is 1. The third kappa shape index (κ3) is 3.96. The Morgan fingerprint density at radius 2 is 1.62 bits per heavy atom. The molecule has 1 aliphatic carbocycles. The van der Waals surface area contributed by atoms with Crippen LogP contribution in [0.1, 0.15) is 39.5 Å². The second-order valence-electron chi connectivity index (χ2n) is 6.39. The van der Waals surface area contributed by atoms with Crippen LogP contribution in [0.25, 0.3) is 0 Å². The summed E-state index contributed by atoms with van der Waals surface area (Å²) in [5.74, 6) is 0. The lowest BCUT2D eigenvalue weighted by molar-refractivity contribution is -0.0456. The maximum absolute atomic E-state index is 12.8. The Labute approximate surface area is 129 Å². The summed E-state index contributed by atoms with van der Waals surface area (Å²) in [6.07, 6.45) is 3.84. The first-order chi connectivity index (χ1) is 9.84. The summed E-state index contributed by atoms with van der Waals surface area (Å²) in [6.45, 7) is 4.75. The molecule has 1 heterocycles. The minimum atomic E-state index is -3.39. The molecular weight excluding hydrogens is 290 g/mol. The fourth-order valence-electron chi connectivity index (χ4n) is 3.42. The highest BCUT2D eigenvalue weighted by Crippen LogP contribution is 2.26. The second-order valence-corrected chi connectivity index (χ2v) is 8.38. The first-order valence-corrected chi connectivity index (χ1v) is 9.30. The molecular formula is C14H29N3O3S. The molecule has 1 aliphatic heterocycles. The highest BCUT2D eigenvalue weighted by atomic mass is 32.2. The van der Waals surface area contributed by atoms with E-state index in [9.17, 15) is 8.42 Å². The molecule has 0 aromatic rings. The Bertz CT molecular complexity index is 425. The van der Waals surface area contributed by atoms with Crippen LogP contribution in [0.2, 0.25) is 0 Å². The molecule has 2 unspecified atom stereocenters. The average Bonchev–Trinajstić information content (AvgIpc) is 2.45. The van der Waals surface area contributed by atoms with Crippen LogP contribution < -0.4 is 5.32 Å². The predicted molar refractivity (Wildman–Crippen MR) is 83.4 cm³/mol. The van der Waals surface area contributed by atoms with E-state index < -0.39 is 10.2 Å². The topological polar surface area (TPSA) is 61.9 Å². The number of nitrogens with one attached hydrogen (secondary N) is 1. The Balaban J connectivity index is 2.01. The smallest absolute Gasteiger partial charge is 0.282 e. The third-order valence-electron chi connectivity index (χ3n) is 4.70. The van der Waals surface area contributed by atoms with Crippen molar-refractivity contribution in [3.8, 4) is 0 Å². The van der Waals surface area contributed by atoms with Crippen LogP contribution >= 0.6 is 0 Å². The van der Waals surface area contributed by atoms with E-state index in [4.69, 9.17) is 4.74 Å². The van der Waals surface area contributed by atoms with Gasteiger partial charge in [0.25, 0.3) is 10.2 Å². The highest BCUT2D eigenvalue weighted by Gasteiger charge is 2.37. The van der Waals surface area contributed by atoms with Gasteiger partial charge in [-0.1, -0.05) is 0 Å². The lowest BCUT2D eigenvalue weighted by Crippen LogP contribution is -2.54. The van der Waals surface area contributed by atoms with Crippen molar-refractivity contribution in [1.29, 1.82) is 0 Å². The first kappa shape index (κ1) is 17.1. The van der Waals surface area contributed by atoms with Crippen LogP contribution in [0, 0.1) is 0 Å². The molecule has 2 rings (SSSR count). The summed E-state index contributed by atoms with van der Waals surface area (Å²) in [4.78, 5) is 0. The van der Waals surface area contributed by atoms with Crippen molar-refractivity contribution < 1.29 is 13.2 Å². The van der Waals surface area contributed by atoms with Crippen molar-refractivity contribution in [3.63, 3.8) is 0 Å². The first-order valence-electron chi connectivity index (χ1n) is 7.90. The molecule has 2 fully saturated rings. The quantitative estimate of drug-likeness (QED) is 0.833. The predicted octanol–water partition coefficient (Wildman–Crippen LogP) is 0.803. The highest BCUT2D eigenvalue weighted by molar-refractivity contribution is 7.86. The van der Waals surface area contributed by atoms with Crippen molar-refractivity contribution >= 4 is 10.2 Å². The lowest BCUT2D eigenvalue weighted by Gasteiger charge is -2.40. The van der Waals surface area contributed by atoms with Crippen LogP contribution in [0.4, 0.5) is 0 Å². The molecule has 0 bridgehead atoms. The van der Waals surface area contributed by atoms with Gasteiger partial charge < -0.3 is 10.1 Å². The van der Waals surface area contributed by atoms with Gasteiger partial charge in [0, 0.05) is 32.2 Å². The number of morpholine rings is 1. The summed E-state index contributed by atoms with van der Waals surface area (Å²) in [6, 6.07) is 0.647. The van der Waals surface area contributed by atoms with Gasteiger partial charge in [-0.05, 0) is 46.6 Å². The zero-order chi connectivity index (χ0) is 15.6. The number of hydrogen-bond acceptors (Lipinski definition) is 4. The molecule has 0 aromatic carbocycles. The molecule has 2 atom stereocenters. The molecule has 2 aliphatic rings. The Kier molecular flexibility index (Phi) is 5.65. The van der Waals surface area contributed by atoms with Crippen molar-refractivity contribution in [3.05, 3.63) is 0 Å². The van der Waals surface area contributed by atoms with Crippen LogP contribution in [-0.4, -0.2) is 68.5 Å². The molecule has 6 nitrogen and oxygen atoms in total. The van der Waals surface area contributed by atoms with Crippen LogP contribution in [-0.2, 0) is 14.9 Å². The zero-order valence-electron chi connectivity index (χ0n) is 13.6. The molecule has 0 amide bonds. The molecule has 1 saturated heterocycles. The van der Waals surface area contributed by atoms with Gasteiger partial charge in [0.15, 0.2) is 0 Å². The van der Waals surface area contributed by atoms with Gasteiger partial charge in [0.1, 0.15) is 0 Å². The van der Waals surface area contributed by atoms with Gasteiger partial charge in [-0.2, -0.15) is 17.0 Å². The summed E-state index contributed by atoms with van der Waals surface area (Å²) < 4.78 is 34.4.